The lowest BCUT2D eigenvalue weighted by Gasteiger charge is -2.18. The van der Waals surface area contributed by atoms with Crippen molar-refractivity contribution in [1.29, 1.82) is 0 Å². The highest BCUT2D eigenvalue weighted by Gasteiger charge is 2.12. The molecule has 1 aromatic rings. The zero-order chi connectivity index (χ0) is 13.0. The molecule has 0 saturated carbocycles. The maximum absolute atomic E-state index is 13.1. The van der Waals surface area contributed by atoms with E-state index in [4.69, 9.17) is 0 Å². The van der Waals surface area contributed by atoms with Gasteiger partial charge in [0, 0.05) is 25.2 Å². The lowest BCUT2D eigenvalue weighted by atomic mass is 10.1. The van der Waals surface area contributed by atoms with Crippen LogP contribution in [-0.2, 0) is 0 Å². The molecule has 1 aliphatic rings. The molecule has 1 aliphatic heterocycles. The molecular weight excluding hydrogens is 234 g/mol. The Balaban J connectivity index is 1.81. The molecule has 18 heavy (non-hydrogen) atoms. The molecule has 1 fully saturated rings. The number of hydrogen-bond acceptors (Lipinski definition) is 2. The summed E-state index contributed by atoms with van der Waals surface area (Å²) >= 11 is 0. The highest BCUT2D eigenvalue weighted by atomic mass is 19.1. The summed E-state index contributed by atoms with van der Waals surface area (Å²) in [7, 11) is 0. The van der Waals surface area contributed by atoms with Gasteiger partial charge in [-0.2, -0.15) is 0 Å². The SMILES string of the molecule is CC(NCCN1CCCC1)c1cc(F)cc(F)c1. The summed E-state index contributed by atoms with van der Waals surface area (Å²) in [4.78, 5) is 2.41. The van der Waals surface area contributed by atoms with E-state index in [-0.39, 0.29) is 6.04 Å². The van der Waals surface area contributed by atoms with Crippen LogP contribution in [0.5, 0.6) is 0 Å². The molecule has 0 spiro atoms. The summed E-state index contributed by atoms with van der Waals surface area (Å²) in [5, 5.41) is 3.31. The molecule has 0 aliphatic carbocycles. The van der Waals surface area contributed by atoms with Crippen molar-refractivity contribution in [1.82, 2.24) is 10.2 Å². The number of benzene rings is 1. The minimum Gasteiger partial charge on any atom is -0.309 e. The van der Waals surface area contributed by atoms with Crippen LogP contribution in [0, 0.1) is 11.6 Å². The molecule has 1 N–H and O–H groups in total. The second kappa shape index (κ2) is 6.25. The van der Waals surface area contributed by atoms with E-state index < -0.39 is 11.6 Å². The number of rotatable bonds is 5. The van der Waals surface area contributed by atoms with Crippen LogP contribution in [0.2, 0.25) is 0 Å². The van der Waals surface area contributed by atoms with Crippen LogP contribution >= 0.6 is 0 Å². The Morgan fingerprint density at radius 3 is 2.39 bits per heavy atom. The Morgan fingerprint density at radius 2 is 1.78 bits per heavy atom. The maximum Gasteiger partial charge on any atom is 0.126 e. The summed E-state index contributed by atoms with van der Waals surface area (Å²) in [5.41, 5.74) is 0.661. The molecule has 100 valence electrons. The molecule has 1 aromatic carbocycles. The molecule has 2 nitrogen and oxygen atoms in total. The predicted octanol–water partition coefficient (Wildman–Crippen LogP) is 2.71. The third-order valence-electron chi connectivity index (χ3n) is 3.46. The second-order valence-corrected chi connectivity index (χ2v) is 4.93. The molecule has 0 bridgehead atoms. The Kier molecular flexibility index (Phi) is 4.66. The van der Waals surface area contributed by atoms with Crippen molar-refractivity contribution in [3.05, 3.63) is 35.4 Å². The minimum atomic E-state index is -0.516. The fraction of sp³-hybridized carbons (Fsp3) is 0.571. The first-order valence-electron chi connectivity index (χ1n) is 6.57. The predicted molar refractivity (Wildman–Crippen MR) is 68.4 cm³/mol. The third kappa shape index (κ3) is 3.75. The van der Waals surface area contributed by atoms with Gasteiger partial charge in [-0.05, 0) is 50.6 Å². The van der Waals surface area contributed by atoms with Crippen molar-refractivity contribution in [2.24, 2.45) is 0 Å². The van der Waals surface area contributed by atoms with Crippen LogP contribution in [0.1, 0.15) is 31.4 Å². The lowest BCUT2D eigenvalue weighted by Crippen LogP contribution is -2.31. The van der Waals surface area contributed by atoms with E-state index in [0.717, 1.165) is 19.2 Å². The van der Waals surface area contributed by atoms with Gasteiger partial charge in [-0.3, -0.25) is 0 Å². The minimum absolute atomic E-state index is 0.0298. The molecule has 0 radical (unpaired) electrons. The normalized spacial score (nSPS) is 18.2. The average molecular weight is 254 g/mol. The fourth-order valence-corrected chi connectivity index (χ4v) is 2.39. The van der Waals surface area contributed by atoms with Gasteiger partial charge in [0.05, 0.1) is 0 Å². The van der Waals surface area contributed by atoms with Crippen LogP contribution in [0.3, 0.4) is 0 Å². The third-order valence-corrected chi connectivity index (χ3v) is 3.46. The summed E-state index contributed by atoms with van der Waals surface area (Å²) < 4.78 is 26.2. The highest BCUT2D eigenvalue weighted by Crippen LogP contribution is 2.15. The molecule has 1 atom stereocenters. The zero-order valence-corrected chi connectivity index (χ0v) is 10.8. The van der Waals surface area contributed by atoms with Crippen LogP contribution < -0.4 is 5.32 Å². The smallest absolute Gasteiger partial charge is 0.126 e. The van der Waals surface area contributed by atoms with Gasteiger partial charge in [0.15, 0.2) is 0 Å². The molecule has 1 heterocycles. The van der Waals surface area contributed by atoms with E-state index in [9.17, 15) is 8.78 Å². The van der Waals surface area contributed by atoms with Gasteiger partial charge >= 0.3 is 0 Å². The van der Waals surface area contributed by atoms with Gasteiger partial charge in [-0.1, -0.05) is 0 Å². The van der Waals surface area contributed by atoms with Crippen LogP contribution in [0.4, 0.5) is 8.78 Å². The topological polar surface area (TPSA) is 15.3 Å². The number of nitrogens with zero attached hydrogens (tertiary/aromatic N) is 1. The summed E-state index contributed by atoms with van der Waals surface area (Å²) in [6, 6.07) is 3.64. The standard InChI is InChI=1S/C14H20F2N2/c1-11(12-8-13(15)10-14(16)9-12)17-4-7-18-5-2-3-6-18/h8-11,17H,2-7H2,1H3. The Bertz CT molecular complexity index is 369. The Hall–Kier alpha value is -1.00. The number of halogens is 2. The molecule has 0 amide bonds. The number of likely N-dealkylation sites (tertiary alicyclic amines) is 1. The van der Waals surface area contributed by atoms with Gasteiger partial charge in [0.1, 0.15) is 11.6 Å². The van der Waals surface area contributed by atoms with Crippen molar-refractivity contribution in [3.8, 4) is 0 Å². The molecule has 2 rings (SSSR count). The highest BCUT2D eigenvalue weighted by molar-refractivity contribution is 5.20. The van der Waals surface area contributed by atoms with Crippen LogP contribution in [-0.4, -0.2) is 31.1 Å². The summed E-state index contributed by atoms with van der Waals surface area (Å²) in [6.45, 7) is 6.12. The van der Waals surface area contributed by atoms with E-state index in [0.29, 0.717) is 5.56 Å². The van der Waals surface area contributed by atoms with E-state index in [1.807, 2.05) is 6.92 Å². The summed E-state index contributed by atoms with van der Waals surface area (Å²) in [5.74, 6) is -1.03. The average Bonchev–Trinajstić information content (AvgIpc) is 2.80. The van der Waals surface area contributed by atoms with Gasteiger partial charge in [-0.25, -0.2) is 8.78 Å². The number of nitrogens with one attached hydrogen (secondary N) is 1. The maximum atomic E-state index is 13.1. The van der Waals surface area contributed by atoms with Gasteiger partial charge in [-0.15, -0.1) is 0 Å². The molecule has 0 aromatic heterocycles. The first-order chi connectivity index (χ1) is 8.65. The van der Waals surface area contributed by atoms with Crippen molar-refractivity contribution in [2.75, 3.05) is 26.2 Å². The quantitative estimate of drug-likeness (QED) is 0.869. The largest absolute Gasteiger partial charge is 0.309 e. The lowest BCUT2D eigenvalue weighted by molar-refractivity contribution is 0.329. The number of hydrogen-bond donors (Lipinski definition) is 1. The van der Waals surface area contributed by atoms with Crippen molar-refractivity contribution in [3.63, 3.8) is 0 Å². The summed E-state index contributed by atoms with van der Waals surface area (Å²) in [6.07, 6.45) is 2.56. The Labute approximate surface area is 107 Å². The van der Waals surface area contributed by atoms with Crippen molar-refractivity contribution < 1.29 is 8.78 Å². The van der Waals surface area contributed by atoms with Crippen LogP contribution in [0.15, 0.2) is 18.2 Å². The van der Waals surface area contributed by atoms with Crippen molar-refractivity contribution >= 4 is 0 Å². The first kappa shape index (κ1) is 13.4. The molecule has 1 saturated heterocycles. The van der Waals surface area contributed by atoms with Crippen molar-refractivity contribution in [2.45, 2.75) is 25.8 Å². The Morgan fingerprint density at radius 1 is 1.17 bits per heavy atom. The molecule has 4 heteroatoms. The van der Waals surface area contributed by atoms with Gasteiger partial charge < -0.3 is 10.2 Å². The zero-order valence-electron chi connectivity index (χ0n) is 10.8. The fourth-order valence-electron chi connectivity index (χ4n) is 2.39. The van der Waals surface area contributed by atoms with E-state index >= 15 is 0 Å². The van der Waals surface area contributed by atoms with E-state index in [1.54, 1.807) is 0 Å². The van der Waals surface area contributed by atoms with E-state index in [1.165, 1.54) is 38.1 Å². The van der Waals surface area contributed by atoms with Crippen LogP contribution in [0.25, 0.3) is 0 Å². The monoisotopic (exact) mass is 254 g/mol. The second-order valence-electron chi connectivity index (χ2n) is 4.93. The molecular formula is C14H20F2N2. The van der Waals surface area contributed by atoms with Gasteiger partial charge in [0.2, 0.25) is 0 Å². The van der Waals surface area contributed by atoms with Gasteiger partial charge in [0.25, 0.3) is 0 Å². The van der Waals surface area contributed by atoms with E-state index in [2.05, 4.69) is 10.2 Å². The first-order valence-corrected chi connectivity index (χ1v) is 6.57. The molecule has 1 unspecified atom stereocenters.